The molecule has 1 aliphatic rings. The number of aromatic nitrogens is 1. The lowest BCUT2D eigenvalue weighted by atomic mass is 9.97. The summed E-state index contributed by atoms with van der Waals surface area (Å²) < 4.78 is 42.0. The van der Waals surface area contributed by atoms with Gasteiger partial charge in [-0.2, -0.15) is 18.4 Å². The van der Waals surface area contributed by atoms with Crippen molar-refractivity contribution in [2.75, 3.05) is 0 Å². The van der Waals surface area contributed by atoms with E-state index in [2.05, 4.69) is 0 Å². The first kappa shape index (κ1) is 17.9. The lowest BCUT2D eigenvalue weighted by Crippen LogP contribution is -2.12. The molecule has 2 aromatic carbocycles. The summed E-state index contributed by atoms with van der Waals surface area (Å²) in [6, 6.07) is 9.37. The molecule has 3 aromatic rings. The maximum atomic E-state index is 13.6. The summed E-state index contributed by atoms with van der Waals surface area (Å²) in [6.07, 6.45) is -3.29. The van der Waals surface area contributed by atoms with E-state index in [0.717, 1.165) is 6.07 Å². The third kappa shape index (κ3) is 2.85. The Balaban J connectivity index is 2.03. The Bertz CT molecular complexity index is 1170. The van der Waals surface area contributed by atoms with Crippen LogP contribution >= 0.6 is 0 Å². The molecule has 0 amide bonds. The molecule has 5 nitrogen and oxygen atoms in total. The number of rotatable bonds is 3. The summed E-state index contributed by atoms with van der Waals surface area (Å²) in [5, 5.41) is 28.7. The first-order valence-electron chi connectivity index (χ1n) is 8.43. The maximum Gasteiger partial charge on any atom is 0.431 e. The van der Waals surface area contributed by atoms with Crippen LogP contribution in [-0.4, -0.2) is 20.7 Å². The van der Waals surface area contributed by atoms with Crippen molar-refractivity contribution in [1.82, 2.24) is 4.57 Å². The molecule has 0 spiro atoms. The van der Waals surface area contributed by atoms with Gasteiger partial charge in [0.2, 0.25) is 0 Å². The molecule has 0 atom stereocenters. The summed E-state index contributed by atoms with van der Waals surface area (Å²) in [4.78, 5) is 11.1. The van der Waals surface area contributed by atoms with Gasteiger partial charge in [0.1, 0.15) is 17.0 Å². The number of carbonyl (C=O) groups is 1. The maximum absolute atomic E-state index is 13.6. The average molecular weight is 386 g/mol. The average Bonchev–Trinajstić information content (AvgIpc) is 3.38. The topological polar surface area (TPSA) is 86.2 Å². The van der Waals surface area contributed by atoms with E-state index in [4.69, 9.17) is 5.11 Å². The molecular formula is C20H13F3N2O3. The Morgan fingerprint density at radius 2 is 1.89 bits per heavy atom. The van der Waals surface area contributed by atoms with Crippen LogP contribution in [0.25, 0.3) is 22.0 Å². The number of nitrogens with zero attached hydrogens (tertiary/aromatic N) is 2. The molecule has 1 heterocycles. The number of benzene rings is 2. The molecule has 0 aliphatic heterocycles. The highest BCUT2D eigenvalue weighted by Crippen LogP contribution is 2.46. The number of hydrogen-bond donors (Lipinski definition) is 2. The van der Waals surface area contributed by atoms with Crippen LogP contribution in [0.2, 0.25) is 0 Å². The van der Waals surface area contributed by atoms with Crippen molar-refractivity contribution in [3.05, 3.63) is 53.2 Å². The van der Waals surface area contributed by atoms with Gasteiger partial charge >= 0.3 is 12.1 Å². The third-order valence-electron chi connectivity index (χ3n) is 4.83. The quantitative estimate of drug-likeness (QED) is 0.668. The number of aromatic carboxylic acids is 1. The Morgan fingerprint density at radius 1 is 1.18 bits per heavy atom. The van der Waals surface area contributed by atoms with Crippen molar-refractivity contribution in [2.24, 2.45) is 0 Å². The van der Waals surface area contributed by atoms with Crippen molar-refractivity contribution < 1.29 is 28.2 Å². The Kier molecular flexibility index (Phi) is 3.85. The largest absolute Gasteiger partial charge is 0.507 e. The molecule has 1 aliphatic carbocycles. The second-order valence-electron chi connectivity index (χ2n) is 6.73. The number of aromatic hydroxyl groups is 1. The highest BCUT2D eigenvalue weighted by molar-refractivity contribution is 5.99. The van der Waals surface area contributed by atoms with E-state index < -0.39 is 23.6 Å². The van der Waals surface area contributed by atoms with Gasteiger partial charge in [0.15, 0.2) is 0 Å². The molecule has 1 fully saturated rings. The van der Waals surface area contributed by atoms with Crippen molar-refractivity contribution in [3.63, 3.8) is 0 Å². The van der Waals surface area contributed by atoms with E-state index in [1.165, 1.54) is 34.9 Å². The lowest BCUT2D eigenvalue weighted by molar-refractivity contribution is -0.143. The molecule has 0 bridgehead atoms. The van der Waals surface area contributed by atoms with Crippen LogP contribution in [0.15, 0.2) is 36.4 Å². The molecule has 1 aromatic heterocycles. The Labute approximate surface area is 156 Å². The second kappa shape index (κ2) is 6.02. The van der Waals surface area contributed by atoms with E-state index >= 15 is 0 Å². The van der Waals surface area contributed by atoms with Gasteiger partial charge in [-0.25, -0.2) is 4.79 Å². The van der Waals surface area contributed by atoms with Crippen molar-refractivity contribution >= 4 is 16.9 Å². The van der Waals surface area contributed by atoms with Crippen LogP contribution < -0.4 is 0 Å². The van der Waals surface area contributed by atoms with Crippen LogP contribution in [0.1, 0.15) is 40.5 Å². The lowest BCUT2D eigenvalue weighted by Gasteiger charge is -2.12. The smallest absolute Gasteiger partial charge is 0.431 e. The SMILES string of the molecule is N#Cc1cc(-c2ccc(C(=O)O)c(O)c2)c2cc(C(F)(F)F)n(C3CC3)c2c1. The fourth-order valence-corrected chi connectivity index (χ4v) is 3.45. The molecule has 0 unspecified atom stereocenters. The first-order chi connectivity index (χ1) is 13.2. The van der Waals surface area contributed by atoms with Crippen LogP contribution in [0.3, 0.4) is 0 Å². The molecule has 2 N–H and O–H groups in total. The van der Waals surface area contributed by atoms with Gasteiger partial charge < -0.3 is 14.8 Å². The van der Waals surface area contributed by atoms with Crippen LogP contribution in [0.5, 0.6) is 5.75 Å². The van der Waals surface area contributed by atoms with Crippen LogP contribution in [0, 0.1) is 11.3 Å². The van der Waals surface area contributed by atoms with E-state index in [-0.39, 0.29) is 17.2 Å². The van der Waals surface area contributed by atoms with Crippen molar-refractivity contribution in [3.8, 4) is 22.9 Å². The molecule has 0 radical (unpaired) electrons. The molecule has 142 valence electrons. The number of hydrogen-bond acceptors (Lipinski definition) is 3. The van der Waals surface area contributed by atoms with Gasteiger partial charge in [-0.15, -0.1) is 0 Å². The summed E-state index contributed by atoms with van der Waals surface area (Å²) >= 11 is 0. The molecule has 8 heteroatoms. The molecule has 4 rings (SSSR count). The number of phenols is 1. The Morgan fingerprint density at radius 3 is 2.43 bits per heavy atom. The van der Waals surface area contributed by atoms with Crippen LogP contribution in [0.4, 0.5) is 13.2 Å². The predicted octanol–water partition coefficient (Wildman–Crippen LogP) is 4.94. The number of carboxylic acids is 1. The Hall–Kier alpha value is -3.47. The first-order valence-corrected chi connectivity index (χ1v) is 8.43. The number of carboxylic acid groups (broad SMARTS) is 1. The summed E-state index contributed by atoms with van der Waals surface area (Å²) in [5.74, 6) is -1.82. The van der Waals surface area contributed by atoms with Gasteiger partial charge in [-0.3, -0.25) is 0 Å². The highest BCUT2D eigenvalue weighted by Gasteiger charge is 2.40. The predicted molar refractivity (Wildman–Crippen MR) is 94.0 cm³/mol. The zero-order valence-corrected chi connectivity index (χ0v) is 14.3. The van der Waals surface area contributed by atoms with Gasteiger partial charge in [0.25, 0.3) is 0 Å². The molecule has 1 saturated carbocycles. The number of alkyl halides is 3. The fraction of sp³-hybridized carbons (Fsp3) is 0.200. The normalized spacial score (nSPS) is 14.2. The van der Waals surface area contributed by atoms with E-state index in [1.54, 1.807) is 0 Å². The summed E-state index contributed by atoms with van der Waals surface area (Å²) in [5.41, 5.74) is 0.0249. The monoisotopic (exact) mass is 386 g/mol. The number of fused-ring (bicyclic) bond motifs is 1. The molecule has 28 heavy (non-hydrogen) atoms. The zero-order valence-electron chi connectivity index (χ0n) is 14.3. The number of halogens is 3. The minimum atomic E-state index is -4.55. The van der Waals surface area contributed by atoms with E-state index in [9.17, 15) is 28.3 Å². The van der Waals surface area contributed by atoms with E-state index in [0.29, 0.717) is 34.9 Å². The third-order valence-corrected chi connectivity index (χ3v) is 4.83. The van der Waals surface area contributed by atoms with Crippen molar-refractivity contribution in [1.29, 1.82) is 5.26 Å². The fourth-order valence-electron chi connectivity index (χ4n) is 3.45. The second-order valence-corrected chi connectivity index (χ2v) is 6.73. The standard InChI is InChI=1S/C20H13F3N2O3/c21-20(22,23)18-8-15-14(11-1-4-13(19(27)28)17(26)7-11)5-10(9-24)6-16(15)25(18)12-2-3-12/h1,4-8,12,26H,2-3H2,(H,27,28). The van der Waals surface area contributed by atoms with Gasteiger partial charge in [0.05, 0.1) is 17.1 Å². The summed E-state index contributed by atoms with van der Waals surface area (Å²) in [6.45, 7) is 0. The van der Waals surface area contributed by atoms with E-state index in [1.807, 2.05) is 6.07 Å². The van der Waals surface area contributed by atoms with Crippen LogP contribution in [-0.2, 0) is 6.18 Å². The highest BCUT2D eigenvalue weighted by atomic mass is 19.4. The van der Waals surface area contributed by atoms with Crippen molar-refractivity contribution in [2.45, 2.75) is 25.1 Å². The minimum Gasteiger partial charge on any atom is -0.507 e. The van der Waals surface area contributed by atoms with Gasteiger partial charge in [-0.1, -0.05) is 6.07 Å². The molecule has 0 saturated heterocycles. The number of nitriles is 1. The molecular weight excluding hydrogens is 373 g/mol. The van der Waals surface area contributed by atoms with Gasteiger partial charge in [0, 0.05) is 11.4 Å². The summed E-state index contributed by atoms with van der Waals surface area (Å²) in [7, 11) is 0. The zero-order chi connectivity index (χ0) is 20.2. The van der Waals surface area contributed by atoms with Gasteiger partial charge in [-0.05, 0) is 54.3 Å². The minimum absolute atomic E-state index is 0.179.